The fourth-order valence-corrected chi connectivity index (χ4v) is 4.25. The van der Waals surface area contributed by atoms with Crippen LogP contribution in [-0.4, -0.2) is 46.7 Å². The summed E-state index contributed by atoms with van der Waals surface area (Å²) < 4.78 is 45.2. The van der Waals surface area contributed by atoms with Crippen molar-refractivity contribution in [3.63, 3.8) is 0 Å². The van der Waals surface area contributed by atoms with E-state index in [4.69, 9.17) is 9.84 Å². The van der Waals surface area contributed by atoms with Crippen molar-refractivity contribution in [2.75, 3.05) is 6.61 Å². The van der Waals surface area contributed by atoms with E-state index in [2.05, 4.69) is 10.3 Å². The molecule has 0 spiro atoms. The molecule has 1 aliphatic rings. The third kappa shape index (κ3) is 6.44. The van der Waals surface area contributed by atoms with Gasteiger partial charge in [0.05, 0.1) is 29.9 Å². The van der Waals surface area contributed by atoms with Crippen LogP contribution in [0.4, 0.5) is 13.2 Å². The van der Waals surface area contributed by atoms with E-state index in [1.807, 2.05) is 0 Å². The van der Waals surface area contributed by atoms with Gasteiger partial charge in [0.15, 0.2) is 0 Å². The number of aliphatic hydroxyl groups excluding tert-OH is 1. The maximum atomic E-state index is 13.4. The van der Waals surface area contributed by atoms with Gasteiger partial charge in [-0.1, -0.05) is 30.3 Å². The molecule has 3 atom stereocenters. The number of aliphatic carboxylic acids is 1. The van der Waals surface area contributed by atoms with Gasteiger partial charge in [0.1, 0.15) is 12.7 Å². The number of carboxylic acids is 1. The van der Waals surface area contributed by atoms with E-state index >= 15 is 0 Å². The third-order valence-corrected chi connectivity index (χ3v) is 6.06. The molecule has 0 aliphatic carbocycles. The van der Waals surface area contributed by atoms with E-state index in [0.717, 1.165) is 6.07 Å². The van der Waals surface area contributed by atoms with Crippen LogP contribution in [0.25, 0.3) is 22.0 Å². The van der Waals surface area contributed by atoms with Crippen LogP contribution in [0.5, 0.6) is 0 Å². The molecule has 38 heavy (non-hydrogen) atoms. The summed E-state index contributed by atoms with van der Waals surface area (Å²) in [5.41, 5.74) is -1.19. The molecule has 0 radical (unpaired) electrons. The van der Waals surface area contributed by atoms with E-state index in [9.17, 15) is 37.5 Å². The molecule has 3 aromatic rings. The number of amides is 1. The van der Waals surface area contributed by atoms with Crippen LogP contribution in [0.15, 0.2) is 53.3 Å². The average molecular weight is 540 g/mol. The molecule has 1 aliphatic heterocycles. The quantitative estimate of drug-likeness (QED) is 0.237. The van der Waals surface area contributed by atoms with Gasteiger partial charge in [-0.2, -0.15) is 13.2 Å². The second-order valence-electron chi connectivity index (χ2n) is 8.62. The van der Waals surface area contributed by atoms with Gasteiger partial charge in [0.2, 0.25) is 5.91 Å². The summed E-state index contributed by atoms with van der Waals surface area (Å²) in [7, 11) is 0. The Morgan fingerprint density at radius 2 is 1.84 bits per heavy atom. The number of aromatic amines is 1. The number of carboxylic acid groups (broad SMARTS) is 1. The number of esters is 1. The van der Waals surface area contributed by atoms with E-state index < -0.39 is 53.7 Å². The molecule has 1 saturated heterocycles. The molecular weight excluding hydrogens is 520 g/mol. The molecule has 3 N–H and O–H groups in total. The van der Waals surface area contributed by atoms with E-state index in [-0.39, 0.29) is 65.1 Å². The first-order chi connectivity index (χ1) is 17.4. The number of rotatable bonds is 7. The number of benzene rings is 2. The van der Waals surface area contributed by atoms with Crippen molar-refractivity contribution in [2.24, 2.45) is 0 Å². The number of aliphatic hydroxyl groups is 1. The molecule has 1 fully saturated rings. The first kappa shape index (κ1) is 29.4. The van der Waals surface area contributed by atoms with Crippen LogP contribution < -0.4 is 45.5 Å². The van der Waals surface area contributed by atoms with Crippen molar-refractivity contribution in [1.82, 2.24) is 10.3 Å². The van der Waals surface area contributed by atoms with Crippen LogP contribution in [-0.2, 0) is 25.3 Å². The number of H-pyrrole nitrogens is 1. The Morgan fingerprint density at radius 3 is 2.53 bits per heavy atom. The van der Waals surface area contributed by atoms with E-state index in [1.54, 1.807) is 12.1 Å². The molecular formula is C25H20F3N2NaO7. The van der Waals surface area contributed by atoms with Gasteiger partial charge in [-0.05, 0) is 35.6 Å². The van der Waals surface area contributed by atoms with Crippen LogP contribution in [0, 0.1) is 0 Å². The second-order valence-corrected chi connectivity index (χ2v) is 8.62. The van der Waals surface area contributed by atoms with Crippen molar-refractivity contribution >= 4 is 28.6 Å². The number of pyridine rings is 1. The van der Waals surface area contributed by atoms with Crippen molar-refractivity contribution in [3.8, 4) is 11.3 Å². The predicted octanol–water partition coefficient (Wildman–Crippen LogP) is -1.77. The van der Waals surface area contributed by atoms with E-state index in [0.29, 0.717) is 10.9 Å². The fourth-order valence-electron chi connectivity index (χ4n) is 4.25. The molecule has 194 valence electrons. The van der Waals surface area contributed by atoms with Crippen molar-refractivity contribution in [2.45, 2.75) is 37.1 Å². The molecule has 4 rings (SSSR count). The van der Waals surface area contributed by atoms with Gasteiger partial charge in [-0.15, -0.1) is 0 Å². The summed E-state index contributed by atoms with van der Waals surface area (Å²) in [4.78, 5) is 50.0. The van der Waals surface area contributed by atoms with Gasteiger partial charge in [-0.3, -0.25) is 14.4 Å². The van der Waals surface area contributed by atoms with Gasteiger partial charge in [-0.25, -0.2) is 0 Å². The number of hydrogen-bond donors (Lipinski definition) is 3. The molecule has 0 bridgehead atoms. The summed E-state index contributed by atoms with van der Waals surface area (Å²) in [6, 6.07) is 10.4. The predicted molar refractivity (Wildman–Crippen MR) is 121 cm³/mol. The zero-order chi connectivity index (χ0) is 26.9. The summed E-state index contributed by atoms with van der Waals surface area (Å²) in [5.74, 6) is -3.86. The standard InChI is InChI=1S/C25H21F3N2O7.Na/c26-25(27,28)18-4-2-1-3-15(18)19-8-13-6-5-12(7-16(13)23(34)30-19)17-9-14(29-22(17)33)11-37-21(32)10-20(31)24(35)36;/h1-8,14,17,20,31H,9-11H2,(H,29,33)(H,30,34)(H,35,36);/q;+1/p-1/t14?,17-,20-;/m0./s1. The van der Waals surface area contributed by atoms with Crippen LogP contribution in [0.3, 0.4) is 0 Å². The molecule has 1 aromatic heterocycles. The Hall–Kier alpha value is -3.19. The number of alkyl halides is 3. The number of halogens is 3. The number of carbonyl (C=O) groups is 3. The number of ether oxygens (including phenoxy) is 1. The number of nitrogens with one attached hydrogen (secondary N) is 2. The molecule has 13 heteroatoms. The molecule has 2 aromatic carbocycles. The van der Waals surface area contributed by atoms with Crippen molar-refractivity contribution in [3.05, 3.63) is 70.0 Å². The topological polar surface area (TPSA) is 149 Å². The van der Waals surface area contributed by atoms with Crippen LogP contribution >= 0.6 is 0 Å². The second kappa shape index (κ2) is 11.7. The SMILES string of the molecule is O=C(C[C@H](O)C(=O)[O-])OCC1C[C@@H](c2ccc3cc(-c4ccccc4C(F)(F)F)[nH]c(=O)c3c2)C(=O)N1.[Na+]. The van der Waals surface area contributed by atoms with Gasteiger partial charge in [0, 0.05) is 16.6 Å². The minimum absolute atomic E-state index is 0. The Kier molecular flexibility index (Phi) is 9.03. The summed E-state index contributed by atoms with van der Waals surface area (Å²) >= 11 is 0. The van der Waals surface area contributed by atoms with Gasteiger partial charge in [0.25, 0.3) is 5.56 Å². The van der Waals surface area contributed by atoms with Gasteiger partial charge < -0.3 is 30.0 Å². The largest absolute Gasteiger partial charge is 1.00 e. The molecule has 9 nitrogen and oxygen atoms in total. The Balaban J connectivity index is 0.00000400. The maximum absolute atomic E-state index is 13.4. The molecule has 2 heterocycles. The minimum Gasteiger partial charge on any atom is -0.547 e. The summed E-state index contributed by atoms with van der Waals surface area (Å²) in [6.07, 6.45) is -7.21. The smallest absolute Gasteiger partial charge is 0.547 e. The summed E-state index contributed by atoms with van der Waals surface area (Å²) in [6.45, 7) is -0.253. The first-order valence-corrected chi connectivity index (χ1v) is 11.1. The molecule has 1 amide bonds. The third-order valence-electron chi connectivity index (χ3n) is 6.06. The number of hydrogen-bond acceptors (Lipinski definition) is 7. The molecule has 1 unspecified atom stereocenters. The fraction of sp³-hybridized carbons (Fsp3) is 0.280. The van der Waals surface area contributed by atoms with Crippen LogP contribution in [0.2, 0.25) is 0 Å². The van der Waals surface area contributed by atoms with Crippen molar-refractivity contribution < 1.29 is 72.1 Å². The van der Waals surface area contributed by atoms with Gasteiger partial charge >= 0.3 is 41.7 Å². The van der Waals surface area contributed by atoms with Crippen molar-refractivity contribution in [1.29, 1.82) is 0 Å². The first-order valence-electron chi connectivity index (χ1n) is 11.1. The summed E-state index contributed by atoms with van der Waals surface area (Å²) in [5, 5.41) is 22.9. The molecule has 0 saturated carbocycles. The zero-order valence-electron chi connectivity index (χ0n) is 20.0. The Bertz CT molecular complexity index is 1440. The maximum Gasteiger partial charge on any atom is 1.00 e. The van der Waals surface area contributed by atoms with E-state index in [1.165, 1.54) is 30.3 Å². The number of fused-ring (bicyclic) bond motifs is 1. The average Bonchev–Trinajstić information content (AvgIpc) is 3.22. The normalized spacial score (nSPS) is 17.9. The zero-order valence-corrected chi connectivity index (χ0v) is 22.0. The Morgan fingerprint density at radius 1 is 1.13 bits per heavy atom. The monoisotopic (exact) mass is 540 g/mol. The minimum atomic E-state index is -4.61. The number of aromatic nitrogens is 1. The Labute approximate surface area is 235 Å². The number of carbonyl (C=O) groups excluding carboxylic acids is 3. The van der Waals surface area contributed by atoms with Crippen LogP contribution in [0.1, 0.15) is 29.9 Å².